The number of anilines is 2. The number of aryl methyl sites for hydroxylation is 1. The normalized spacial score (nSPS) is 11.8. The van der Waals surface area contributed by atoms with Crippen molar-refractivity contribution >= 4 is 17.2 Å². The van der Waals surface area contributed by atoms with E-state index >= 15 is 0 Å². The lowest BCUT2D eigenvalue weighted by molar-refractivity contribution is 0.293. The molecular weight excluding hydrogens is 396 g/mol. The van der Waals surface area contributed by atoms with Crippen molar-refractivity contribution in [2.75, 3.05) is 11.1 Å². The Morgan fingerprint density at radius 1 is 1.32 bits per heavy atom. The summed E-state index contributed by atoms with van der Waals surface area (Å²) in [5.74, 6) is 1.42. The molecule has 0 bridgehead atoms. The number of fused-ring (bicyclic) bond motifs is 1. The Labute approximate surface area is 178 Å². The topological polar surface area (TPSA) is 147 Å². The van der Waals surface area contributed by atoms with Crippen molar-refractivity contribution in [1.82, 2.24) is 24.6 Å². The first-order chi connectivity index (χ1) is 15.0. The van der Waals surface area contributed by atoms with Crippen molar-refractivity contribution in [2.45, 2.75) is 26.5 Å². The molecule has 1 aromatic carbocycles. The summed E-state index contributed by atoms with van der Waals surface area (Å²) < 4.78 is 7.70. The molecule has 0 aliphatic carbocycles. The molecule has 10 heteroatoms. The van der Waals surface area contributed by atoms with Crippen molar-refractivity contribution in [3.63, 3.8) is 0 Å². The second-order valence-electron chi connectivity index (χ2n) is 6.99. The first-order valence-electron chi connectivity index (χ1n) is 9.50. The molecule has 0 fully saturated rings. The zero-order valence-electron chi connectivity index (χ0n) is 16.9. The van der Waals surface area contributed by atoms with Crippen LogP contribution < -0.4 is 15.8 Å². The van der Waals surface area contributed by atoms with Gasteiger partial charge in [-0.25, -0.2) is 14.5 Å². The van der Waals surface area contributed by atoms with E-state index in [9.17, 15) is 10.4 Å². The second kappa shape index (κ2) is 8.16. The van der Waals surface area contributed by atoms with Gasteiger partial charge in [-0.2, -0.15) is 15.3 Å². The van der Waals surface area contributed by atoms with E-state index in [1.807, 2.05) is 38.2 Å². The standard InChI is InChI=1S/C21H20N8O2/c1-12-6-7-29-17(12)21(31-10-14-4-3-5-15(30)8-14)27-19(28-29)13(2)26-20-16(9-22)18(23)24-11-25-20/h3-8,11,13,30H,10H2,1-2H3,(H3,23,24,25,26)/t13-/m0/s1. The fourth-order valence-electron chi connectivity index (χ4n) is 3.13. The average Bonchev–Trinajstić information content (AvgIpc) is 3.13. The Balaban J connectivity index is 1.66. The molecule has 0 aliphatic rings. The number of nitrogen functional groups attached to an aromatic ring is 1. The van der Waals surface area contributed by atoms with Crippen LogP contribution in [0.3, 0.4) is 0 Å². The Bertz CT molecular complexity index is 1290. The lowest BCUT2D eigenvalue weighted by atomic mass is 10.2. The Hall–Kier alpha value is -4.39. The smallest absolute Gasteiger partial charge is 0.242 e. The first-order valence-corrected chi connectivity index (χ1v) is 9.50. The highest BCUT2D eigenvalue weighted by molar-refractivity contribution is 5.63. The summed E-state index contributed by atoms with van der Waals surface area (Å²) in [7, 11) is 0. The summed E-state index contributed by atoms with van der Waals surface area (Å²) in [6.07, 6.45) is 3.11. The fourth-order valence-corrected chi connectivity index (χ4v) is 3.13. The minimum absolute atomic E-state index is 0.0970. The summed E-state index contributed by atoms with van der Waals surface area (Å²) in [4.78, 5) is 12.6. The molecule has 156 valence electrons. The SMILES string of the molecule is Cc1ccn2nc([C@H](C)Nc3ncnc(N)c3C#N)nc(OCc3cccc(O)c3)c12. The van der Waals surface area contributed by atoms with Crippen LogP contribution in [0, 0.1) is 18.3 Å². The highest BCUT2D eigenvalue weighted by Crippen LogP contribution is 2.26. The van der Waals surface area contributed by atoms with Crippen LogP contribution in [0.1, 0.15) is 35.5 Å². The molecule has 31 heavy (non-hydrogen) atoms. The van der Waals surface area contributed by atoms with E-state index in [2.05, 4.69) is 25.4 Å². The molecule has 1 atom stereocenters. The molecule has 4 rings (SSSR count). The number of rotatable bonds is 6. The number of nitrogens with one attached hydrogen (secondary N) is 1. The van der Waals surface area contributed by atoms with Crippen molar-refractivity contribution < 1.29 is 9.84 Å². The molecule has 10 nitrogen and oxygen atoms in total. The van der Waals surface area contributed by atoms with Crippen LogP contribution in [0.2, 0.25) is 0 Å². The van der Waals surface area contributed by atoms with Gasteiger partial charge in [-0.1, -0.05) is 12.1 Å². The summed E-state index contributed by atoms with van der Waals surface area (Å²) in [6, 6.07) is 10.4. The highest BCUT2D eigenvalue weighted by atomic mass is 16.5. The van der Waals surface area contributed by atoms with Gasteiger partial charge in [0.1, 0.15) is 47.5 Å². The zero-order valence-corrected chi connectivity index (χ0v) is 16.9. The molecule has 0 saturated heterocycles. The number of aromatic nitrogens is 5. The van der Waals surface area contributed by atoms with Crippen LogP contribution in [0.4, 0.5) is 11.6 Å². The van der Waals surface area contributed by atoms with E-state index < -0.39 is 6.04 Å². The Kier molecular flexibility index (Phi) is 5.24. The number of phenolic OH excluding ortho intramolecular Hbond substituents is 1. The first kappa shape index (κ1) is 19.9. The predicted molar refractivity (Wildman–Crippen MR) is 113 cm³/mol. The lowest BCUT2D eigenvalue weighted by Gasteiger charge is -2.16. The van der Waals surface area contributed by atoms with Crippen molar-refractivity contribution in [2.24, 2.45) is 0 Å². The van der Waals surface area contributed by atoms with Gasteiger partial charge in [0.2, 0.25) is 5.88 Å². The maximum absolute atomic E-state index is 9.68. The Morgan fingerprint density at radius 3 is 2.94 bits per heavy atom. The van der Waals surface area contributed by atoms with Gasteiger partial charge in [0, 0.05) is 6.20 Å². The highest BCUT2D eigenvalue weighted by Gasteiger charge is 2.19. The van der Waals surface area contributed by atoms with E-state index in [0.717, 1.165) is 16.6 Å². The number of ether oxygens (including phenoxy) is 1. The minimum Gasteiger partial charge on any atom is -0.508 e. The van der Waals surface area contributed by atoms with E-state index in [4.69, 9.17) is 10.5 Å². The summed E-state index contributed by atoms with van der Waals surface area (Å²) in [5, 5.41) is 26.7. The van der Waals surface area contributed by atoms with Crippen LogP contribution >= 0.6 is 0 Å². The maximum Gasteiger partial charge on any atom is 0.242 e. The molecular formula is C21H20N8O2. The number of nitrogens with zero attached hydrogens (tertiary/aromatic N) is 6. The zero-order chi connectivity index (χ0) is 22.0. The van der Waals surface area contributed by atoms with Crippen molar-refractivity contribution in [3.8, 4) is 17.7 Å². The number of nitriles is 1. The minimum atomic E-state index is -0.406. The molecule has 0 aliphatic heterocycles. The molecule has 0 radical (unpaired) electrons. The third-order valence-electron chi connectivity index (χ3n) is 4.71. The van der Waals surface area contributed by atoms with Gasteiger partial charge in [0.25, 0.3) is 0 Å². The molecule has 4 aromatic rings. The monoisotopic (exact) mass is 416 g/mol. The summed E-state index contributed by atoms with van der Waals surface area (Å²) >= 11 is 0. The number of nitrogens with two attached hydrogens (primary N) is 1. The van der Waals surface area contributed by atoms with Gasteiger partial charge in [-0.15, -0.1) is 0 Å². The number of benzene rings is 1. The van der Waals surface area contributed by atoms with Crippen LogP contribution in [-0.2, 0) is 6.61 Å². The molecule has 0 saturated carbocycles. The Morgan fingerprint density at radius 2 is 2.16 bits per heavy atom. The fraction of sp³-hybridized carbons (Fsp3) is 0.190. The quantitative estimate of drug-likeness (QED) is 0.431. The summed E-state index contributed by atoms with van der Waals surface area (Å²) in [5.41, 5.74) is 8.45. The van der Waals surface area contributed by atoms with E-state index in [0.29, 0.717) is 17.5 Å². The van der Waals surface area contributed by atoms with Crippen LogP contribution in [0.15, 0.2) is 42.9 Å². The predicted octanol–water partition coefficient (Wildman–Crippen LogP) is 2.74. The molecule has 0 amide bonds. The van der Waals surface area contributed by atoms with Crippen LogP contribution in [-0.4, -0.2) is 29.7 Å². The van der Waals surface area contributed by atoms with Crippen LogP contribution in [0.5, 0.6) is 11.6 Å². The number of phenols is 1. The van der Waals surface area contributed by atoms with Crippen molar-refractivity contribution in [1.29, 1.82) is 5.26 Å². The van der Waals surface area contributed by atoms with Gasteiger partial charge in [0.05, 0.1) is 6.04 Å². The van der Waals surface area contributed by atoms with Gasteiger partial charge in [-0.05, 0) is 43.2 Å². The molecule has 0 unspecified atom stereocenters. The number of aromatic hydroxyl groups is 1. The molecule has 0 spiro atoms. The van der Waals surface area contributed by atoms with E-state index in [1.54, 1.807) is 22.7 Å². The van der Waals surface area contributed by atoms with Gasteiger partial charge >= 0.3 is 0 Å². The average molecular weight is 416 g/mol. The third kappa shape index (κ3) is 4.02. The lowest BCUT2D eigenvalue weighted by Crippen LogP contribution is -2.16. The van der Waals surface area contributed by atoms with Gasteiger partial charge in [-0.3, -0.25) is 0 Å². The number of hydrogen-bond acceptors (Lipinski definition) is 9. The number of hydrogen-bond donors (Lipinski definition) is 3. The van der Waals surface area contributed by atoms with Gasteiger partial charge < -0.3 is 20.9 Å². The second-order valence-corrected chi connectivity index (χ2v) is 6.99. The molecule has 3 heterocycles. The maximum atomic E-state index is 9.68. The van der Waals surface area contributed by atoms with Gasteiger partial charge in [0.15, 0.2) is 5.82 Å². The van der Waals surface area contributed by atoms with E-state index in [1.165, 1.54) is 6.33 Å². The van der Waals surface area contributed by atoms with Crippen LogP contribution in [0.25, 0.3) is 5.52 Å². The van der Waals surface area contributed by atoms with Crippen molar-refractivity contribution in [3.05, 3.63) is 65.4 Å². The summed E-state index contributed by atoms with van der Waals surface area (Å²) in [6.45, 7) is 4.02. The molecule has 4 N–H and O–H groups in total. The molecule has 3 aromatic heterocycles. The van der Waals surface area contributed by atoms with E-state index in [-0.39, 0.29) is 23.7 Å². The largest absolute Gasteiger partial charge is 0.508 e. The third-order valence-corrected chi connectivity index (χ3v) is 4.71.